The first-order valence-corrected chi connectivity index (χ1v) is 5.65. The summed E-state index contributed by atoms with van der Waals surface area (Å²) in [6.07, 6.45) is 1.41. The Hall–Kier alpha value is -2.23. The SMILES string of the molecule is COc1cc(OC)c2ncc(C#N)c(NN)c2c1Cl. The highest BCUT2D eigenvalue weighted by Gasteiger charge is 2.18. The molecule has 0 amide bonds. The molecular formula is C12H11ClN4O2. The summed E-state index contributed by atoms with van der Waals surface area (Å²) in [6.45, 7) is 0. The first kappa shape index (κ1) is 13.2. The van der Waals surface area contributed by atoms with Crippen LogP contribution in [0.3, 0.4) is 0 Å². The minimum absolute atomic E-state index is 0.284. The molecule has 0 radical (unpaired) electrons. The standard InChI is InChI=1S/C12H11ClN4O2/c1-18-7-3-8(19-2)12-9(10(7)13)11(17-15)6(4-14)5-16-12/h3,5H,15H2,1-2H3,(H,16,17). The number of nitrogens with zero attached hydrogens (tertiary/aromatic N) is 2. The molecule has 19 heavy (non-hydrogen) atoms. The molecule has 2 rings (SSSR count). The lowest BCUT2D eigenvalue weighted by Crippen LogP contribution is -2.10. The number of hydrazine groups is 1. The molecule has 6 nitrogen and oxygen atoms in total. The molecule has 0 fully saturated rings. The number of hydrogen-bond acceptors (Lipinski definition) is 6. The molecule has 3 N–H and O–H groups in total. The predicted molar refractivity (Wildman–Crippen MR) is 72.4 cm³/mol. The quantitative estimate of drug-likeness (QED) is 0.659. The Kier molecular flexibility index (Phi) is 3.60. The maximum Gasteiger partial charge on any atom is 0.148 e. The molecule has 0 unspecified atom stereocenters. The molecule has 0 aliphatic rings. The second kappa shape index (κ2) is 5.18. The summed E-state index contributed by atoms with van der Waals surface area (Å²) in [5.41, 5.74) is 3.64. The van der Waals surface area contributed by atoms with E-state index in [-0.39, 0.29) is 5.56 Å². The molecule has 0 spiro atoms. The summed E-state index contributed by atoms with van der Waals surface area (Å²) < 4.78 is 10.4. The molecule has 1 aromatic carbocycles. The predicted octanol–water partition coefficient (Wildman–Crippen LogP) is 2.06. The van der Waals surface area contributed by atoms with E-state index in [1.54, 1.807) is 6.07 Å². The molecule has 0 aliphatic heterocycles. The monoisotopic (exact) mass is 278 g/mol. The number of nitrogen functional groups attached to an aromatic ring is 1. The fourth-order valence-corrected chi connectivity index (χ4v) is 2.14. The van der Waals surface area contributed by atoms with Crippen molar-refractivity contribution >= 4 is 28.2 Å². The number of pyridine rings is 1. The second-order valence-corrected chi connectivity index (χ2v) is 4.00. The lowest BCUT2D eigenvalue weighted by Gasteiger charge is -2.14. The number of aromatic nitrogens is 1. The molecule has 1 heterocycles. The number of nitrogens with one attached hydrogen (secondary N) is 1. The van der Waals surface area contributed by atoms with Crippen LogP contribution in [-0.4, -0.2) is 19.2 Å². The third-order valence-electron chi connectivity index (χ3n) is 2.71. The number of halogens is 1. The van der Waals surface area contributed by atoms with Crippen LogP contribution in [0.15, 0.2) is 12.3 Å². The van der Waals surface area contributed by atoms with Crippen molar-refractivity contribution in [1.29, 1.82) is 5.26 Å². The molecular weight excluding hydrogens is 268 g/mol. The van der Waals surface area contributed by atoms with Crippen LogP contribution in [0.25, 0.3) is 10.9 Å². The fourth-order valence-electron chi connectivity index (χ4n) is 1.82. The summed E-state index contributed by atoms with van der Waals surface area (Å²) in [5.74, 6) is 6.37. The Morgan fingerprint density at radius 1 is 1.37 bits per heavy atom. The fraction of sp³-hybridized carbons (Fsp3) is 0.167. The van der Waals surface area contributed by atoms with Crippen molar-refractivity contribution in [2.24, 2.45) is 5.84 Å². The van der Waals surface area contributed by atoms with Gasteiger partial charge in [0, 0.05) is 12.3 Å². The molecule has 0 atom stereocenters. The molecule has 0 aliphatic carbocycles. The van der Waals surface area contributed by atoms with Gasteiger partial charge in [0.2, 0.25) is 0 Å². The third kappa shape index (κ3) is 1.99. The van der Waals surface area contributed by atoms with Gasteiger partial charge in [-0.25, -0.2) is 0 Å². The van der Waals surface area contributed by atoms with E-state index in [2.05, 4.69) is 10.4 Å². The Morgan fingerprint density at radius 2 is 2.05 bits per heavy atom. The zero-order valence-electron chi connectivity index (χ0n) is 10.3. The van der Waals surface area contributed by atoms with Gasteiger partial charge in [-0.1, -0.05) is 11.6 Å². The first-order chi connectivity index (χ1) is 9.17. The van der Waals surface area contributed by atoms with Crippen LogP contribution in [-0.2, 0) is 0 Å². The summed E-state index contributed by atoms with van der Waals surface area (Å²) in [7, 11) is 3.00. The second-order valence-electron chi connectivity index (χ2n) is 3.62. The van der Waals surface area contributed by atoms with E-state index in [4.69, 9.17) is 32.2 Å². The summed E-state index contributed by atoms with van der Waals surface area (Å²) in [6, 6.07) is 3.62. The van der Waals surface area contributed by atoms with Crippen LogP contribution < -0.4 is 20.7 Å². The van der Waals surface area contributed by atoms with Crippen molar-refractivity contribution in [3.8, 4) is 17.6 Å². The number of nitriles is 1. The zero-order valence-corrected chi connectivity index (χ0v) is 11.1. The smallest absolute Gasteiger partial charge is 0.148 e. The number of anilines is 1. The number of methoxy groups -OCH3 is 2. The van der Waals surface area contributed by atoms with Gasteiger partial charge in [-0.05, 0) is 0 Å². The van der Waals surface area contributed by atoms with Crippen LogP contribution in [0.5, 0.6) is 11.5 Å². The maximum absolute atomic E-state index is 9.06. The van der Waals surface area contributed by atoms with Crippen molar-refractivity contribution in [3.63, 3.8) is 0 Å². The first-order valence-electron chi connectivity index (χ1n) is 5.27. The third-order valence-corrected chi connectivity index (χ3v) is 3.09. The van der Waals surface area contributed by atoms with Crippen molar-refractivity contribution in [2.75, 3.05) is 19.6 Å². The van der Waals surface area contributed by atoms with E-state index in [1.807, 2.05) is 6.07 Å². The lowest BCUT2D eigenvalue weighted by atomic mass is 10.1. The lowest BCUT2D eigenvalue weighted by molar-refractivity contribution is 0.397. The van der Waals surface area contributed by atoms with Gasteiger partial charge in [0.15, 0.2) is 0 Å². The van der Waals surface area contributed by atoms with Gasteiger partial charge in [0.1, 0.15) is 23.1 Å². The normalized spacial score (nSPS) is 10.1. The highest BCUT2D eigenvalue weighted by molar-refractivity contribution is 6.38. The highest BCUT2D eigenvalue weighted by atomic mass is 35.5. The van der Waals surface area contributed by atoms with Gasteiger partial charge in [0.25, 0.3) is 0 Å². The van der Waals surface area contributed by atoms with E-state index in [0.717, 1.165) is 0 Å². The number of benzene rings is 1. The topological polar surface area (TPSA) is 93.2 Å². The number of nitrogens with two attached hydrogens (primary N) is 1. The van der Waals surface area contributed by atoms with Crippen LogP contribution in [0.2, 0.25) is 5.02 Å². The van der Waals surface area contributed by atoms with E-state index < -0.39 is 0 Å². The zero-order chi connectivity index (χ0) is 14.0. The van der Waals surface area contributed by atoms with Crippen LogP contribution in [0.1, 0.15) is 5.56 Å². The van der Waals surface area contributed by atoms with Crippen molar-refractivity contribution in [3.05, 3.63) is 22.8 Å². The summed E-state index contributed by atoms with van der Waals surface area (Å²) in [5, 5.41) is 9.86. The number of fused-ring (bicyclic) bond motifs is 1. The number of hydrogen-bond donors (Lipinski definition) is 2. The van der Waals surface area contributed by atoms with E-state index in [9.17, 15) is 0 Å². The van der Waals surface area contributed by atoms with Crippen LogP contribution in [0.4, 0.5) is 5.69 Å². The van der Waals surface area contributed by atoms with Gasteiger partial charge in [-0.3, -0.25) is 10.8 Å². The van der Waals surface area contributed by atoms with Crippen molar-refractivity contribution in [1.82, 2.24) is 4.98 Å². The van der Waals surface area contributed by atoms with Gasteiger partial charge in [-0.2, -0.15) is 5.26 Å². The van der Waals surface area contributed by atoms with Crippen LogP contribution in [0, 0.1) is 11.3 Å². The molecule has 2 aromatic rings. The molecule has 0 bridgehead atoms. The molecule has 0 saturated carbocycles. The van der Waals surface area contributed by atoms with Gasteiger partial charge < -0.3 is 14.9 Å². The Bertz CT molecular complexity index is 682. The van der Waals surface area contributed by atoms with Crippen molar-refractivity contribution < 1.29 is 9.47 Å². The minimum atomic E-state index is 0.284. The van der Waals surface area contributed by atoms with Crippen LogP contribution >= 0.6 is 11.6 Å². The molecule has 0 saturated heterocycles. The molecule has 7 heteroatoms. The Balaban J connectivity index is 2.98. The van der Waals surface area contributed by atoms with Crippen molar-refractivity contribution in [2.45, 2.75) is 0 Å². The van der Waals surface area contributed by atoms with Gasteiger partial charge in [-0.15, -0.1) is 0 Å². The van der Waals surface area contributed by atoms with E-state index in [1.165, 1.54) is 20.4 Å². The average molecular weight is 279 g/mol. The van der Waals surface area contributed by atoms with E-state index >= 15 is 0 Å². The highest BCUT2D eigenvalue weighted by Crippen LogP contribution is 2.42. The summed E-state index contributed by atoms with van der Waals surface area (Å²) in [4.78, 5) is 4.18. The van der Waals surface area contributed by atoms with Gasteiger partial charge >= 0.3 is 0 Å². The van der Waals surface area contributed by atoms with Gasteiger partial charge in [0.05, 0.1) is 35.9 Å². The largest absolute Gasteiger partial charge is 0.495 e. The summed E-state index contributed by atoms with van der Waals surface area (Å²) >= 11 is 6.26. The Labute approximate surface area is 114 Å². The maximum atomic E-state index is 9.06. The Morgan fingerprint density at radius 3 is 2.58 bits per heavy atom. The van der Waals surface area contributed by atoms with E-state index in [0.29, 0.717) is 33.1 Å². The minimum Gasteiger partial charge on any atom is -0.495 e. The average Bonchev–Trinajstić information content (AvgIpc) is 2.46. The number of ether oxygens (including phenoxy) is 2. The molecule has 1 aromatic heterocycles. The number of rotatable bonds is 3. The molecule has 98 valence electrons.